The minimum atomic E-state index is -0.265. The topological polar surface area (TPSA) is 75.7 Å². The van der Waals surface area contributed by atoms with E-state index in [9.17, 15) is 4.79 Å². The van der Waals surface area contributed by atoms with Gasteiger partial charge in [0.1, 0.15) is 5.75 Å². The molecule has 1 saturated heterocycles. The zero-order valence-electron chi connectivity index (χ0n) is 21.1. The molecule has 1 aromatic heterocycles. The number of urea groups is 1. The number of nitrogens with zero attached hydrogens (tertiary/aromatic N) is 2. The van der Waals surface area contributed by atoms with E-state index < -0.39 is 0 Å². The van der Waals surface area contributed by atoms with E-state index in [1.54, 1.807) is 12.4 Å². The second-order valence-corrected chi connectivity index (χ2v) is 9.87. The molecule has 0 radical (unpaired) electrons. The number of aromatic nitrogens is 1. The highest BCUT2D eigenvalue weighted by atomic mass is 16.5. The number of hydrogen-bond donors (Lipinski definition) is 2. The molecule has 7 heteroatoms. The van der Waals surface area contributed by atoms with E-state index in [4.69, 9.17) is 9.47 Å². The highest BCUT2D eigenvalue weighted by Gasteiger charge is 2.28. The molecule has 0 aliphatic carbocycles. The van der Waals surface area contributed by atoms with Crippen molar-refractivity contribution in [3.05, 3.63) is 48.3 Å². The number of carbonyl (C=O) groups is 1. The lowest BCUT2D eigenvalue weighted by atomic mass is 9.83. The summed E-state index contributed by atoms with van der Waals surface area (Å²) in [6, 6.07) is 9.43. The molecule has 1 atom stereocenters. The van der Waals surface area contributed by atoms with Gasteiger partial charge in [0.15, 0.2) is 0 Å². The molecule has 0 spiro atoms. The quantitative estimate of drug-likeness (QED) is 0.432. The van der Waals surface area contributed by atoms with E-state index in [1.807, 2.05) is 30.3 Å². The third-order valence-electron chi connectivity index (χ3n) is 6.00. The zero-order chi connectivity index (χ0) is 24.4. The van der Waals surface area contributed by atoms with E-state index in [1.165, 1.54) is 12.8 Å². The van der Waals surface area contributed by atoms with Crippen LogP contribution >= 0.6 is 0 Å². The highest BCUT2D eigenvalue weighted by molar-refractivity contribution is 5.91. The van der Waals surface area contributed by atoms with E-state index >= 15 is 0 Å². The summed E-state index contributed by atoms with van der Waals surface area (Å²) in [5, 5.41) is 6.16. The standard InChI is InChI=1S/C27H40N4O3/c1-5-6-7-8-16-34-24-19-22(31-14-17-33-18-15-31)11-12-23(24)29-26(32)30-25(27(2,3)4)21-10-9-13-28-20-21/h9-13,19-20,25H,5-8,14-18H2,1-4H3,(H2,29,30,32). The molecule has 2 heterocycles. The predicted molar refractivity (Wildman–Crippen MR) is 138 cm³/mol. The van der Waals surface area contributed by atoms with Gasteiger partial charge in [-0.25, -0.2) is 4.79 Å². The van der Waals surface area contributed by atoms with Crippen LogP contribution in [0.3, 0.4) is 0 Å². The van der Waals surface area contributed by atoms with Gasteiger partial charge in [-0.3, -0.25) is 4.98 Å². The van der Waals surface area contributed by atoms with Gasteiger partial charge in [-0.15, -0.1) is 0 Å². The van der Waals surface area contributed by atoms with Crippen molar-refractivity contribution < 1.29 is 14.3 Å². The smallest absolute Gasteiger partial charge is 0.319 e. The number of pyridine rings is 1. The fourth-order valence-electron chi connectivity index (χ4n) is 4.10. The molecule has 1 aliphatic rings. The number of unbranched alkanes of at least 4 members (excludes halogenated alkanes) is 3. The van der Waals surface area contributed by atoms with Crippen LogP contribution in [0.2, 0.25) is 0 Å². The van der Waals surface area contributed by atoms with Gasteiger partial charge in [-0.1, -0.05) is 53.0 Å². The maximum Gasteiger partial charge on any atom is 0.319 e. The second kappa shape index (κ2) is 12.6. The number of benzene rings is 1. The molecule has 2 amide bonds. The van der Waals surface area contributed by atoms with Crippen LogP contribution in [-0.2, 0) is 4.74 Å². The summed E-state index contributed by atoms with van der Waals surface area (Å²) in [6.45, 7) is 12.3. The summed E-state index contributed by atoms with van der Waals surface area (Å²) < 4.78 is 11.7. The Labute approximate surface area is 204 Å². The van der Waals surface area contributed by atoms with Crippen LogP contribution in [-0.4, -0.2) is 43.9 Å². The molecule has 186 valence electrons. The molecule has 1 fully saturated rings. The number of carbonyl (C=O) groups excluding carboxylic acids is 1. The largest absolute Gasteiger partial charge is 0.491 e. The lowest BCUT2D eigenvalue weighted by molar-refractivity contribution is 0.122. The van der Waals surface area contributed by atoms with Crippen LogP contribution in [0.25, 0.3) is 0 Å². The molecule has 1 unspecified atom stereocenters. The van der Waals surface area contributed by atoms with Crippen molar-refractivity contribution in [2.75, 3.05) is 43.1 Å². The first-order valence-electron chi connectivity index (χ1n) is 12.5. The molecule has 34 heavy (non-hydrogen) atoms. The third kappa shape index (κ3) is 7.62. The number of anilines is 2. The normalized spacial score (nSPS) is 15.0. The zero-order valence-corrected chi connectivity index (χ0v) is 21.1. The maximum absolute atomic E-state index is 13.1. The van der Waals surface area contributed by atoms with Crippen molar-refractivity contribution in [3.63, 3.8) is 0 Å². The third-order valence-corrected chi connectivity index (χ3v) is 6.00. The van der Waals surface area contributed by atoms with E-state index in [0.717, 1.165) is 50.4 Å². The van der Waals surface area contributed by atoms with Crippen molar-refractivity contribution in [2.24, 2.45) is 5.41 Å². The molecule has 3 rings (SSSR count). The Morgan fingerprint density at radius 3 is 2.65 bits per heavy atom. The van der Waals surface area contributed by atoms with Crippen LogP contribution in [0.15, 0.2) is 42.7 Å². The molecule has 2 N–H and O–H groups in total. The lowest BCUT2D eigenvalue weighted by Gasteiger charge is -2.32. The van der Waals surface area contributed by atoms with Gasteiger partial charge in [0.05, 0.1) is 31.5 Å². The molecule has 2 aromatic rings. The number of rotatable bonds is 10. The van der Waals surface area contributed by atoms with E-state index in [0.29, 0.717) is 18.0 Å². The number of amides is 2. The van der Waals surface area contributed by atoms with Crippen molar-refractivity contribution >= 4 is 17.4 Å². The van der Waals surface area contributed by atoms with Crippen LogP contribution in [0.1, 0.15) is 65.0 Å². The summed E-state index contributed by atoms with van der Waals surface area (Å²) in [6.07, 6.45) is 8.07. The average molecular weight is 469 g/mol. The highest BCUT2D eigenvalue weighted by Crippen LogP contribution is 2.34. The van der Waals surface area contributed by atoms with Crippen molar-refractivity contribution in [3.8, 4) is 5.75 Å². The molecular formula is C27H40N4O3. The Hall–Kier alpha value is -2.80. The molecule has 0 saturated carbocycles. The number of hydrogen-bond acceptors (Lipinski definition) is 5. The van der Waals surface area contributed by atoms with Crippen LogP contribution in [0, 0.1) is 5.41 Å². The van der Waals surface area contributed by atoms with Crippen LogP contribution in [0.4, 0.5) is 16.2 Å². The van der Waals surface area contributed by atoms with Crippen molar-refractivity contribution in [1.29, 1.82) is 0 Å². The Morgan fingerprint density at radius 1 is 1.18 bits per heavy atom. The minimum absolute atomic E-state index is 0.181. The number of morpholine rings is 1. The Kier molecular flexibility index (Phi) is 9.57. The Morgan fingerprint density at radius 2 is 1.97 bits per heavy atom. The number of ether oxygens (including phenoxy) is 2. The monoisotopic (exact) mass is 468 g/mol. The molecular weight excluding hydrogens is 428 g/mol. The Bertz CT molecular complexity index is 892. The first-order valence-corrected chi connectivity index (χ1v) is 12.5. The maximum atomic E-state index is 13.1. The van der Waals surface area contributed by atoms with Gasteiger partial charge >= 0.3 is 6.03 Å². The molecule has 0 bridgehead atoms. The van der Waals surface area contributed by atoms with Crippen LogP contribution in [0.5, 0.6) is 5.75 Å². The first-order chi connectivity index (χ1) is 16.4. The summed E-state index contributed by atoms with van der Waals surface area (Å²) >= 11 is 0. The minimum Gasteiger partial charge on any atom is -0.491 e. The van der Waals surface area contributed by atoms with Gasteiger partial charge in [0.2, 0.25) is 0 Å². The van der Waals surface area contributed by atoms with Gasteiger partial charge in [0, 0.05) is 37.2 Å². The van der Waals surface area contributed by atoms with Gasteiger partial charge < -0.3 is 25.0 Å². The van der Waals surface area contributed by atoms with E-state index in [-0.39, 0.29) is 17.5 Å². The first kappa shape index (κ1) is 25.8. The predicted octanol–water partition coefficient (Wildman–Crippen LogP) is 5.79. The second-order valence-electron chi connectivity index (χ2n) is 9.87. The van der Waals surface area contributed by atoms with Gasteiger partial charge in [-0.2, -0.15) is 0 Å². The summed E-state index contributed by atoms with van der Waals surface area (Å²) in [4.78, 5) is 19.6. The van der Waals surface area contributed by atoms with E-state index in [2.05, 4.69) is 48.2 Å². The van der Waals surface area contributed by atoms with Crippen molar-refractivity contribution in [1.82, 2.24) is 10.3 Å². The Balaban J connectivity index is 1.74. The summed E-state index contributed by atoms with van der Waals surface area (Å²) in [5.74, 6) is 0.698. The molecule has 7 nitrogen and oxygen atoms in total. The SMILES string of the molecule is CCCCCCOc1cc(N2CCOCC2)ccc1NC(=O)NC(c1cccnc1)C(C)(C)C. The average Bonchev–Trinajstić information content (AvgIpc) is 2.83. The number of nitrogens with one attached hydrogen (secondary N) is 2. The van der Waals surface area contributed by atoms with Gasteiger partial charge in [-0.05, 0) is 35.6 Å². The fourth-order valence-corrected chi connectivity index (χ4v) is 4.10. The van der Waals surface area contributed by atoms with Crippen molar-refractivity contribution in [2.45, 2.75) is 59.4 Å². The van der Waals surface area contributed by atoms with Gasteiger partial charge in [0.25, 0.3) is 0 Å². The summed E-state index contributed by atoms with van der Waals surface area (Å²) in [5.41, 5.74) is 2.55. The molecule has 1 aromatic carbocycles. The fraction of sp³-hybridized carbons (Fsp3) is 0.556. The van der Waals surface area contributed by atoms with Crippen LogP contribution < -0.4 is 20.3 Å². The summed E-state index contributed by atoms with van der Waals surface area (Å²) in [7, 11) is 0. The lowest BCUT2D eigenvalue weighted by Crippen LogP contribution is -2.39. The molecule has 1 aliphatic heterocycles.